The third-order valence-electron chi connectivity index (χ3n) is 2.88. The first kappa shape index (κ1) is 16.3. The molecule has 1 aromatic carbocycles. The third kappa shape index (κ3) is 5.04. The summed E-state index contributed by atoms with van der Waals surface area (Å²) in [5.74, 6) is -0.197. The van der Waals surface area contributed by atoms with Crippen LogP contribution in [-0.4, -0.2) is 16.4 Å². The van der Waals surface area contributed by atoms with E-state index in [1.807, 2.05) is 18.2 Å². The molecule has 0 saturated carbocycles. The minimum Gasteiger partial charge on any atom is -0.379 e. The standard InChI is InChI=1S/C17H20ClN3O/c1-17(2,3)21-14-8-9-15(19-11-14)16(22)20-10-12-4-6-13(18)7-5-12/h4-9,11,21H,10H2,1-3H3,(H,20,22). The zero-order chi connectivity index (χ0) is 16.2. The molecular weight excluding hydrogens is 298 g/mol. The van der Waals surface area contributed by atoms with Crippen LogP contribution in [0.15, 0.2) is 42.6 Å². The number of benzene rings is 1. The van der Waals surface area contributed by atoms with Crippen LogP contribution in [0.25, 0.3) is 0 Å². The molecular formula is C17H20ClN3O. The molecule has 5 heteroatoms. The normalized spacial score (nSPS) is 11.1. The minimum absolute atomic E-state index is 0.0416. The maximum atomic E-state index is 12.1. The number of carbonyl (C=O) groups excluding carboxylic acids is 1. The Bertz CT molecular complexity index is 630. The van der Waals surface area contributed by atoms with Crippen molar-refractivity contribution in [2.75, 3.05) is 5.32 Å². The summed E-state index contributed by atoms with van der Waals surface area (Å²) < 4.78 is 0. The van der Waals surface area contributed by atoms with Gasteiger partial charge in [-0.15, -0.1) is 0 Å². The van der Waals surface area contributed by atoms with Gasteiger partial charge in [0, 0.05) is 17.1 Å². The Labute approximate surface area is 135 Å². The average Bonchev–Trinajstić information content (AvgIpc) is 2.45. The van der Waals surface area contributed by atoms with Gasteiger partial charge in [0.25, 0.3) is 5.91 Å². The predicted molar refractivity (Wildman–Crippen MR) is 90.2 cm³/mol. The van der Waals surface area contributed by atoms with E-state index >= 15 is 0 Å². The van der Waals surface area contributed by atoms with E-state index in [2.05, 4.69) is 36.4 Å². The summed E-state index contributed by atoms with van der Waals surface area (Å²) in [6.45, 7) is 6.65. The molecule has 4 nitrogen and oxygen atoms in total. The number of amides is 1. The van der Waals surface area contributed by atoms with Gasteiger partial charge in [0.15, 0.2) is 0 Å². The van der Waals surface area contributed by atoms with Gasteiger partial charge in [-0.25, -0.2) is 4.98 Å². The van der Waals surface area contributed by atoms with Crippen LogP contribution in [0.5, 0.6) is 0 Å². The van der Waals surface area contributed by atoms with Crippen LogP contribution in [0.1, 0.15) is 36.8 Å². The summed E-state index contributed by atoms with van der Waals surface area (Å²) in [7, 11) is 0. The summed E-state index contributed by atoms with van der Waals surface area (Å²) in [4.78, 5) is 16.3. The minimum atomic E-state index is -0.197. The number of hydrogen-bond donors (Lipinski definition) is 2. The van der Waals surface area contributed by atoms with Crippen molar-refractivity contribution < 1.29 is 4.79 Å². The molecule has 0 saturated heterocycles. The Morgan fingerprint density at radius 3 is 2.36 bits per heavy atom. The van der Waals surface area contributed by atoms with Gasteiger partial charge >= 0.3 is 0 Å². The van der Waals surface area contributed by atoms with Crippen LogP contribution in [0, 0.1) is 0 Å². The fourth-order valence-electron chi connectivity index (χ4n) is 1.91. The first-order chi connectivity index (χ1) is 10.3. The number of rotatable bonds is 4. The molecule has 116 valence electrons. The second-order valence-electron chi connectivity index (χ2n) is 6.12. The van der Waals surface area contributed by atoms with Crippen LogP contribution in [0.2, 0.25) is 5.02 Å². The van der Waals surface area contributed by atoms with Gasteiger partial charge < -0.3 is 10.6 Å². The Hall–Kier alpha value is -2.07. The number of aromatic nitrogens is 1. The lowest BCUT2D eigenvalue weighted by Crippen LogP contribution is -2.26. The molecule has 1 amide bonds. The maximum Gasteiger partial charge on any atom is 0.270 e. The zero-order valence-corrected chi connectivity index (χ0v) is 13.7. The molecule has 0 unspecified atom stereocenters. The molecule has 0 aliphatic carbocycles. The number of pyridine rings is 1. The molecule has 22 heavy (non-hydrogen) atoms. The average molecular weight is 318 g/mol. The largest absolute Gasteiger partial charge is 0.379 e. The Morgan fingerprint density at radius 1 is 1.14 bits per heavy atom. The lowest BCUT2D eigenvalue weighted by atomic mass is 10.1. The smallest absolute Gasteiger partial charge is 0.270 e. The number of carbonyl (C=O) groups is 1. The highest BCUT2D eigenvalue weighted by Crippen LogP contribution is 2.13. The van der Waals surface area contributed by atoms with Crippen molar-refractivity contribution in [1.29, 1.82) is 0 Å². The molecule has 1 heterocycles. The lowest BCUT2D eigenvalue weighted by Gasteiger charge is -2.21. The third-order valence-corrected chi connectivity index (χ3v) is 3.13. The summed E-state index contributed by atoms with van der Waals surface area (Å²) in [5.41, 5.74) is 2.24. The number of nitrogens with zero attached hydrogens (tertiary/aromatic N) is 1. The summed E-state index contributed by atoms with van der Waals surface area (Å²) >= 11 is 5.83. The molecule has 0 spiro atoms. The van der Waals surface area contributed by atoms with Gasteiger partial charge in [0.1, 0.15) is 5.69 Å². The lowest BCUT2D eigenvalue weighted by molar-refractivity contribution is 0.0946. The molecule has 0 fully saturated rings. The molecule has 2 aromatic rings. The second kappa shape index (κ2) is 6.79. The number of hydrogen-bond acceptors (Lipinski definition) is 3. The van der Waals surface area contributed by atoms with Crippen molar-refractivity contribution in [1.82, 2.24) is 10.3 Å². The summed E-state index contributed by atoms with van der Waals surface area (Å²) in [6, 6.07) is 10.9. The molecule has 2 rings (SSSR count). The quantitative estimate of drug-likeness (QED) is 0.900. The van der Waals surface area contributed by atoms with E-state index < -0.39 is 0 Å². The van der Waals surface area contributed by atoms with Crippen LogP contribution >= 0.6 is 11.6 Å². The highest BCUT2D eigenvalue weighted by Gasteiger charge is 2.11. The summed E-state index contributed by atoms with van der Waals surface area (Å²) in [6.07, 6.45) is 1.67. The van der Waals surface area contributed by atoms with Crippen molar-refractivity contribution in [3.05, 3.63) is 58.9 Å². The van der Waals surface area contributed by atoms with Crippen LogP contribution in [0.3, 0.4) is 0 Å². The second-order valence-corrected chi connectivity index (χ2v) is 6.55. The predicted octanol–water partition coefficient (Wildman–Crippen LogP) is 3.88. The SMILES string of the molecule is CC(C)(C)Nc1ccc(C(=O)NCc2ccc(Cl)cc2)nc1. The molecule has 0 aliphatic heterocycles. The molecule has 2 N–H and O–H groups in total. The first-order valence-electron chi connectivity index (χ1n) is 7.10. The highest BCUT2D eigenvalue weighted by molar-refractivity contribution is 6.30. The first-order valence-corrected chi connectivity index (χ1v) is 7.48. The van der Waals surface area contributed by atoms with E-state index in [-0.39, 0.29) is 11.4 Å². The van der Waals surface area contributed by atoms with Crippen molar-refractivity contribution in [2.24, 2.45) is 0 Å². The molecule has 0 atom stereocenters. The van der Waals surface area contributed by atoms with Crippen LogP contribution < -0.4 is 10.6 Å². The fourth-order valence-corrected chi connectivity index (χ4v) is 2.04. The Morgan fingerprint density at radius 2 is 1.82 bits per heavy atom. The van der Waals surface area contributed by atoms with Gasteiger partial charge in [0.05, 0.1) is 11.9 Å². The highest BCUT2D eigenvalue weighted by atomic mass is 35.5. The number of halogens is 1. The van der Waals surface area contributed by atoms with E-state index in [0.29, 0.717) is 17.3 Å². The van der Waals surface area contributed by atoms with Crippen molar-refractivity contribution in [3.63, 3.8) is 0 Å². The van der Waals surface area contributed by atoms with Crippen molar-refractivity contribution in [2.45, 2.75) is 32.9 Å². The Kier molecular flexibility index (Phi) is 5.03. The summed E-state index contributed by atoms with van der Waals surface area (Å²) in [5, 5.41) is 6.82. The van der Waals surface area contributed by atoms with E-state index in [4.69, 9.17) is 11.6 Å². The van der Waals surface area contributed by atoms with Gasteiger partial charge in [-0.2, -0.15) is 0 Å². The van der Waals surface area contributed by atoms with Crippen molar-refractivity contribution in [3.8, 4) is 0 Å². The van der Waals surface area contributed by atoms with Gasteiger partial charge in [0.2, 0.25) is 0 Å². The molecule has 0 aliphatic rings. The van der Waals surface area contributed by atoms with E-state index in [1.165, 1.54) is 0 Å². The number of nitrogens with one attached hydrogen (secondary N) is 2. The number of anilines is 1. The van der Waals surface area contributed by atoms with E-state index in [0.717, 1.165) is 11.3 Å². The maximum absolute atomic E-state index is 12.1. The van der Waals surface area contributed by atoms with Crippen LogP contribution in [-0.2, 0) is 6.54 Å². The van der Waals surface area contributed by atoms with Gasteiger partial charge in [-0.3, -0.25) is 4.79 Å². The molecule has 0 bridgehead atoms. The fraction of sp³-hybridized carbons (Fsp3) is 0.294. The zero-order valence-electron chi connectivity index (χ0n) is 13.0. The molecule has 0 radical (unpaired) electrons. The monoisotopic (exact) mass is 317 g/mol. The van der Waals surface area contributed by atoms with Crippen LogP contribution in [0.4, 0.5) is 5.69 Å². The van der Waals surface area contributed by atoms with E-state index in [1.54, 1.807) is 24.4 Å². The molecule has 1 aromatic heterocycles. The van der Waals surface area contributed by atoms with Crippen molar-refractivity contribution >= 4 is 23.2 Å². The van der Waals surface area contributed by atoms with E-state index in [9.17, 15) is 4.79 Å². The Balaban J connectivity index is 1.93. The topological polar surface area (TPSA) is 54.0 Å². The van der Waals surface area contributed by atoms with Gasteiger partial charge in [-0.1, -0.05) is 23.7 Å². The van der Waals surface area contributed by atoms with Gasteiger partial charge in [-0.05, 0) is 50.6 Å².